The number of nitrogens with zero attached hydrogens (tertiary/aromatic N) is 4. The molecule has 0 unspecified atom stereocenters. The molecule has 2 aliphatic heterocycles. The topological polar surface area (TPSA) is 39.7 Å². The van der Waals surface area contributed by atoms with Crippen LogP contribution in [0.25, 0.3) is 11.1 Å². The Morgan fingerprint density at radius 2 is 1.41 bits per heavy atom. The lowest BCUT2D eigenvalue weighted by Gasteiger charge is -2.36. The second kappa shape index (κ2) is 9.65. The Bertz CT molecular complexity index is 1030. The molecule has 0 aliphatic carbocycles. The highest BCUT2D eigenvalue weighted by molar-refractivity contribution is 7.99. The summed E-state index contributed by atoms with van der Waals surface area (Å²) in [5.41, 5.74) is 4.14. The number of thioether (sulfide) groups is 1. The van der Waals surface area contributed by atoms with Crippen LogP contribution in [0.15, 0.2) is 72.9 Å². The molecule has 164 valence electrons. The van der Waals surface area contributed by atoms with Gasteiger partial charge in [-0.25, -0.2) is 4.98 Å². The molecule has 5 rings (SSSR count). The maximum atomic E-state index is 13.0. The molecule has 0 spiro atoms. The SMILES string of the molecule is O=C(c1ccc(-c2ccc(N3CCSCC3)nc2)cc1)N1CCN(c2ccccc2)CC1. The van der Waals surface area contributed by atoms with E-state index in [2.05, 4.69) is 51.2 Å². The summed E-state index contributed by atoms with van der Waals surface area (Å²) in [5.74, 6) is 3.50. The first kappa shape index (κ1) is 20.9. The molecule has 2 saturated heterocycles. The molecule has 1 amide bonds. The molecular formula is C26H28N4OS. The molecule has 0 radical (unpaired) electrons. The minimum absolute atomic E-state index is 0.112. The first-order valence-corrected chi connectivity index (χ1v) is 12.4. The van der Waals surface area contributed by atoms with Gasteiger partial charge in [0.25, 0.3) is 5.91 Å². The molecule has 1 aromatic heterocycles. The van der Waals surface area contributed by atoms with E-state index >= 15 is 0 Å². The average Bonchev–Trinajstić information content (AvgIpc) is 2.90. The van der Waals surface area contributed by atoms with Crippen LogP contribution < -0.4 is 9.80 Å². The van der Waals surface area contributed by atoms with Crippen molar-refractivity contribution in [3.05, 3.63) is 78.5 Å². The molecule has 2 fully saturated rings. The predicted octanol–water partition coefficient (Wildman–Crippen LogP) is 4.26. The van der Waals surface area contributed by atoms with Crippen LogP contribution in [0.4, 0.5) is 11.5 Å². The van der Waals surface area contributed by atoms with Crippen molar-refractivity contribution in [2.24, 2.45) is 0 Å². The number of benzene rings is 2. The van der Waals surface area contributed by atoms with Gasteiger partial charge in [-0.15, -0.1) is 0 Å². The molecule has 2 aromatic carbocycles. The number of aromatic nitrogens is 1. The number of para-hydroxylation sites is 1. The summed E-state index contributed by atoms with van der Waals surface area (Å²) in [6.07, 6.45) is 1.94. The first-order chi connectivity index (χ1) is 15.8. The summed E-state index contributed by atoms with van der Waals surface area (Å²) >= 11 is 2.00. The molecular weight excluding hydrogens is 416 g/mol. The smallest absolute Gasteiger partial charge is 0.253 e. The van der Waals surface area contributed by atoms with E-state index in [-0.39, 0.29) is 5.91 Å². The third-order valence-corrected chi connectivity index (χ3v) is 7.18. The van der Waals surface area contributed by atoms with Crippen molar-refractivity contribution >= 4 is 29.2 Å². The average molecular weight is 445 g/mol. The standard InChI is InChI=1S/C26H28N4OS/c31-26(30-14-12-28(13-15-30)24-4-2-1-3-5-24)22-8-6-21(7-9-22)23-10-11-25(27-20-23)29-16-18-32-19-17-29/h1-11,20H,12-19H2. The molecule has 32 heavy (non-hydrogen) atoms. The predicted molar refractivity (Wildman–Crippen MR) is 134 cm³/mol. The van der Waals surface area contributed by atoms with Gasteiger partial charge < -0.3 is 14.7 Å². The van der Waals surface area contributed by atoms with E-state index in [1.165, 1.54) is 17.2 Å². The van der Waals surface area contributed by atoms with E-state index in [1.54, 1.807) is 0 Å². The zero-order valence-electron chi connectivity index (χ0n) is 18.2. The third kappa shape index (κ3) is 4.60. The zero-order valence-corrected chi connectivity index (χ0v) is 19.0. The molecule has 0 bridgehead atoms. The van der Waals surface area contributed by atoms with Gasteiger partial charge in [0.05, 0.1) is 0 Å². The summed E-state index contributed by atoms with van der Waals surface area (Å²) in [6.45, 7) is 5.34. The van der Waals surface area contributed by atoms with Crippen LogP contribution in [0.3, 0.4) is 0 Å². The highest BCUT2D eigenvalue weighted by Crippen LogP contribution is 2.24. The van der Waals surface area contributed by atoms with Crippen molar-refractivity contribution in [2.45, 2.75) is 0 Å². The number of amides is 1. The Labute approximate surface area is 194 Å². The van der Waals surface area contributed by atoms with E-state index in [4.69, 9.17) is 0 Å². The molecule has 0 N–H and O–H groups in total. The van der Waals surface area contributed by atoms with Crippen molar-refractivity contribution in [3.63, 3.8) is 0 Å². The second-order valence-corrected chi connectivity index (χ2v) is 9.42. The second-order valence-electron chi connectivity index (χ2n) is 8.20. The van der Waals surface area contributed by atoms with Gasteiger partial charge in [0, 0.05) is 73.8 Å². The Kier molecular flexibility index (Phi) is 6.30. The van der Waals surface area contributed by atoms with Crippen molar-refractivity contribution < 1.29 is 4.79 Å². The molecule has 0 saturated carbocycles. The zero-order chi connectivity index (χ0) is 21.8. The number of carbonyl (C=O) groups excluding carboxylic acids is 1. The monoisotopic (exact) mass is 444 g/mol. The van der Waals surface area contributed by atoms with E-state index in [0.29, 0.717) is 0 Å². The molecule has 0 atom stereocenters. The van der Waals surface area contributed by atoms with Crippen LogP contribution in [0.2, 0.25) is 0 Å². The summed E-state index contributed by atoms with van der Waals surface area (Å²) in [6, 6.07) is 22.6. The summed E-state index contributed by atoms with van der Waals surface area (Å²) in [5, 5.41) is 0. The molecule has 5 nitrogen and oxygen atoms in total. The number of hydrogen-bond acceptors (Lipinski definition) is 5. The normalized spacial score (nSPS) is 16.8. The maximum absolute atomic E-state index is 13.0. The number of rotatable bonds is 4. The first-order valence-electron chi connectivity index (χ1n) is 11.3. The van der Waals surface area contributed by atoms with E-state index in [0.717, 1.165) is 61.8 Å². The highest BCUT2D eigenvalue weighted by Gasteiger charge is 2.22. The Morgan fingerprint density at radius 3 is 2.06 bits per heavy atom. The Morgan fingerprint density at radius 1 is 0.719 bits per heavy atom. The lowest BCUT2D eigenvalue weighted by Crippen LogP contribution is -2.48. The van der Waals surface area contributed by atoms with Crippen LogP contribution in [-0.4, -0.2) is 66.6 Å². The fourth-order valence-corrected chi connectivity index (χ4v) is 5.23. The minimum Gasteiger partial charge on any atom is -0.368 e. The Balaban J connectivity index is 1.20. The van der Waals surface area contributed by atoms with Crippen LogP contribution in [-0.2, 0) is 0 Å². The molecule has 2 aliphatic rings. The number of carbonyl (C=O) groups is 1. The summed E-state index contributed by atoms with van der Waals surface area (Å²) < 4.78 is 0. The fraction of sp³-hybridized carbons (Fsp3) is 0.308. The van der Waals surface area contributed by atoms with E-state index in [9.17, 15) is 4.79 Å². The molecule has 6 heteroatoms. The number of piperazine rings is 1. The van der Waals surface area contributed by atoms with Crippen molar-refractivity contribution in [1.82, 2.24) is 9.88 Å². The van der Waals surface area contributed by atoms with Crippen molar-refractivity contribution in [2.75, 3.05) is 60.6 Å². The van der Waals surface area contributed by atoms with Crippen molar-refractivity contribution in [3.8, 4) is 11.1 Å². The lowest BCUT2D eigenvalue weighted by molar-refractivity contribution is 0.0747. The minimum atomic E-state index is 0.112. The molecule has 3 aromatic rings. The van der Waals surface area contributed by atoms with Gasteiger partial charge in [0.2, 0.25) is 0 Å². The molecule has 3 heterocycles. The van der Waals surface area contributed by atoms with E-state index in [1.807, 2.05) is 53.2 Å². The van der Waals surface area contributed by atoms with Gasteiger partial charge in [-0.05, 0) is 42.0 Å². The number of pyridine rings is 1. The fourth-order valence-electron chi connectivity index (χ4n) is 4.33. The van der Waals surface area contributed by atoms with Crippen molar-refractivity contribution in [1.29, 1.82) is 0 Å². The Hall–Kier alpha value is -2.99. The van der Waals surface area contributed by atoms with E-state index < -0.39 is 0 Å². The maximum Gasteiger partial charge on any atom is 0.253 e. The quantitative estimate of drug-likeness (QED) is 0.601. The van der Waals surface area contributed by atoms with Gasteiger partial charge in [-0.1, -0.05) is 30.3 Å². The highest BCUT2D eigenvalue weighted by atomic mass is 32.2. The van der Waals surface area contributed by atoms with Crippen LogP contribution >= 0.6 is 11.8 Å². The number of anilines is 2. The lowest BCUT2D eigenvalue weighted by atomic mass is 10.0. The van der Waals surface area contributed by atoms with Crippen LogP contribution in [0, 0.1) is 0 Å². The van der Waals surface area contributed by atoms with Gasteiger partial charge in [-0.2, -0.15) is 11.8 Å². The van der Waals surface area contributed by atoms with Crippen LogP contribution in [0.1, 0.15) is 10.4 Å². The van der Waals surface area contributed by atoms with Gasteiger partial charge >= 0.3 is 0 Å². The summed E-state index contributed by atoms with van der Waals surface area (Å²) in [7, 11) is 0. The van der Waals surface area contributed by atoms with Gasteiger partial charge in [0.1, 0.15) is 5.82 Å². The third-order valence-electron chi connectivity index (χ3n) is 6.24. The van der Waals surface area contributed by atoms with Gasteiger partial charge in [0.15, 0.2) is 0 Å². The summed E-state index contributed by atoms with van der Waals surface area (Å²) in [4.78, 5) is 24.3. The largest absolute Gasteiger partial charge is 0.368 e. The number of hydrogen-bond donors (Lipinski definition) is 0. The van der Waals surface area contributed by atoms with Gasteiger partial charge in [-0.3, -0.25) is 4.79 Å². The van der Waals surface area contributed by atoms with Crippen LogP contribution in [0.5, 0.6) is 0 Å².